The molecule has 0 saturated carbocycles. The maximum Gasteiger partial charge on any atom is 0.262 e. The Hall–Kier alpha value is -3.08. The highest BCUT2D eigenvalue weighted by Gasteiger charge is 2.17. The van der Waals surface area contributed by atoms with Crippen LogP contribution in [0.25, 0.3) is 0 Å². The molecule has 0 unspecified atom stereocenters. The largest absolute Gasteiger partial charge is 0.508 e. The summed E-state index contributed by atoms with van der Waals surface area (Å²) in [6, 6.07) is 11.5. The zero-order valence-electron chi connectivity index (χ0n) is 12.3. The fraction of sp³-hybridized carbons (Fsp3) is 0.111. The summed E-state index contributed by atoms with van der Waals surface area (Å²) < 4.78 is 5.30. The van der Waals surface area contributed by atoms with Crippen LogP contribution in [-0.4, -0.2) is 23.4 Å². The molecule has 0 bridgehead atoms. The Bertz CT molecular complexity index is 810. The summed E-state index contributed by atoms with van der Waals surface area (Å²) in [4.78, 5) is 23.7. The van der Waals surface area contributed by atoms with Crippen LogP contribution in [0.15, 0.2) is 54.6 Å². The summed E-state index contributed by atoms with van der Waals surface area (Å²) in [5.41, 5.74) is 2.23. The number of fused-ring (bicyclic) bond motifs is 1. The number of hydrogen-bond acceptors (Lipinski definition) is 4. The Morgan fingerprint density at radius 2 is 2.09 bits per heavy atom. The smallest absolute Gasteiger partial charge is 0.262 e. The summed E-state index contributed by atoms with van der Waals surface area (Å²) >= 11 is 0. The normalized spacial score (nSPS) is 12.8. The second-order valence-electron chi connectivity index (χ2n) is 5.33. The number of rotatable bonds is 4. The van der Waals surface area contributed by atoms with E-state index in [0.29, 0.717) is 29.0 Å². The number of ketones is 1. The average Bonchev–Trinajstić information content (AvgIpc) is 2.53. The lowest BCUT2D eigenvalue weighted by Crippen LogP contribution is -2.25. The number of carbonyl (C=O) groups excluding carboxylic acids is 2. The number of nitrogens with one attached hydrogen (secondary N) is 1. The van der Waals surface area contributed by atoms with Gasteiger partial charge in [-0.3, -0.25) is 9.59 Å². The molecule has 0 radical (unpaired) electrons. The van der Waals surface area contributed by atoms with Crippen molar-refractivity contribution in [2.75, 3.05) is 11.9 Å². The van der Waals surface area contributed by atoms with E-state index in [4.69, 9.17) is 4.74 Å². The van der Waals surface area contributed by atoms with Gasteiger partial charge in [-0.2, -0.15) is 0 Å². The van der Waals surface area contributed by atoms with Gasteiger partial charge in [0.1, 0.15) is 11.5 Å². The monoisotopic (exact) mass is 309 g/mol. The number of benzene rings is 2. The Morgan fingerprint density at radius 3 is 2.87 bits per heavy atom. The number of phenols is 1. The molecule has 0 aromatic heterocycles. The number of carbonyl (C=O) groups is 2. The van der Waals surface area contributed by atoms with Crippen molar-refractivity contribution in [2.45, 2.75) is 6.42 Å². The Morgan fingerprint density at radius 1 is 1.26 bits per heavy atom. The van der Waals surface area contributed by atoms with Crippen molar-refractivity contribution in [1.82, 2.24) is 0 Å². The van der Waals surface area contributed by atoms with Crippen LogP contribution < -0.4 is 10.1 Å². The molecule has 116 valence electrons. The molecule has 3 rings (SSSR count). The third-order valence-corrected chi connectivity index (χ3v) is 3.52. The van der Waals surface area contributed by atoms with Crippen molar-refractivity contribution < 1.29 is 19.4 Å². The topological polar surface area (TPSA) is 75.6 Å². The molecule has 2 aromatic rings. The quantitative estimate of drug-likeness (QED) is 0.672. The maximum atomic E-state index is 12.3. The van der Waals surface area contributed by atoms with E-state index in [9.17, 15) is 14.7 Å². The van der Waals surface area contributed by atoms with Gasteiger partial charge in [0.15, 0.2) is 12.4 Å². The van der Waals surface area contributed by atoms with Gasteiger partial charge in [0, 0.05) is 12.0 Å². The molecule has 5 heteroatoms. The fourth-order valence-electron chi connectivity index (χ4n) is 2.42. The predicted molar refractivity (Wildman–Crippen MR) is 85.8 cm³/mol. The molecule has 2 N–H and O–H groups in total. The minimum Gasteiger partial charge on any atom is -0.508 e. The molecule has 1 aliphatic heterocycles. The molecule has 1 heterocycles. The lowest BCUT2D eigenvalue weighted by molar-refractivity contribution is -0.118. The van der Waals surface area contributed by atoms with E-state index in [1.54, 1.807) is 24.3 Å². The average molecular weight is 309 g/mol. The van der Waals surface area contributed by atoms with Gasteiger partial charge >= 0.3 is 0 Å². The lowest BCUT2D eigenvalue weighted by Gasteiger charge is -2.18. The van der Waals surface area contributed by atoms with Crippen molar-refractivity contribution in [3.8, 4) is 11.5 Å². The van der Waals surface area contributed by atoms with E-state index in [-0.39, 0.29) is 24.0 Å². The Kier molecular flexibility index (Phi) is 3.85. The van der Waals surface area contributed by atoms with E-state index < -0.39 is 0 Å². The number of anilines is 1. The molecule has 2 aromatic carbocycles. The first kappa shape index (κ1) is 14.8. The molecule has 0 spiro atoms. The summed E-state index contributed by atoms with van der Waals surface area (Å²) in [7, 11) is 0. The van der Waals surface area contributed by atoms with E-state index in [1.165, 1.54) is 12.1 Å². The summed E-state index contributed by atoms with van der Waals surface area (Å²) in [6.07, 6.45) is 0.345. The summed E-state index contributed by atoms with van der Waals surface area (Å²) in [5, 5.41) is 12.2. The molecule has 0 atom stereocenters. The predicted octanol–water partition coefficient (Wildman–Crippen LogP) is 2.70. The highest BCUT2D eigenvalue weighted by Crippen LogP contribution is 2.29. The highest BCUT2D eigenvalue weighted by atomic mass is 16.5. The standard InChI is InChI=1S/C18H15NO4/c1-11(18(22)13-3-2-4-14(20)9-13)7-12-5-6-16-15(8-12)19-17(21)10-23-16/h2-6,8-9,20H,1,7,10H2,(H,19,21). The molecule has 0 fully saturated rings. The van der Waals surface area contributed by atoms with Crippen molar-refractivity contribution in [1.29, 1.82) is 0 Å². The van der Waals surface area contributed by atoms with Crippen molar-refractivity contribution in [2.24, 2.45) is 0 Å². The van der Waals surface area contributed by atoms with Crippen LogP contribution in [0.2, 0.25) is 0 Å². The second kappa shape index (κ2) is 5.96. The number of hydrogen-bond donors (Lipinski definition) is 2. The second-order valence-corrected chi connectivity index (χ2v) is 5.33. The van der Waals surface area contributed by atoms with E-state index in [1.807, 2.05) is 6.07 Å². The van der Waals surface area contributed by atoms with Crippen molar-refractivity contribution in [3.63, 3.8) is 0 Å². The van der Waals surface area contributed by atoms with Crippen LogP contribution >= 0.6 is 0 Å². The van der Waals surface area contributed by atoms with Crippen molar-refractivity contribution in [3.05, 3.63) is 65.7 Å². The van der Waals surface area contributed by atoms with Gasteiger partial charge < -0.3 is 15.2 Å². The number of phenolic OH excluding ortho intramolecular Hbond substituents is 1. The molecular formula is C18H15NO4. The van der Waals surface area contributed by atoms with Gasteiger partial charge in [-0.15, -0.1) is 0 Å². The van der Waals surface area contributed by atoms with Crippen molar-refractivity contribution >= 4 is 17.4 Å². The number of amides is 1. The molecular weight excluding hydrogens is 294 g/mol. The van der Waals surface area contributed by atoms with E-state index >= 15 is 0 Å². The Balaban J connectivity index is 1.76. The first-order valence-corrected chi connectivity index (χ1v) is 7.10. The molecule has 1 amide bonds. The van der Waals surface area contributed by atoms with Gasteiger partial charge in [-0.05, 0) is 35.4 Å². The first-order chi connectivity index (χ1) is 11.0. The maximum absolute atomic E-state index is 12.3. The van der Waals surface area contributed by atoms with Gasteiger partial charge in [0.05, 0.1) is 5.69 Å². The minimum absolute atomic E-state index is 0.00897. The minimum atomic E-state index is -0.223. The number of aromatic hydroxyl groups is 1. The molecule has 0 saturated heterocycles. The molecule has 0 aliphatic carbocycles. The zero-order valence-corrected chi connectivity index (χ0v) is 12.3. The number of allylic oxidation sites excluding steroid dienone is 1. The third kappa shape index (κ3) is 3.23. The van der Waals surface area contributed by atoms with Gasteiger partial charge in [0.25, 0.3) is 5.91 Å². The van der Waals surface area contributed by atoms with E-state index in [2.05, 4.69) is 11.9 Å². The first-order valence-electron chi connectivity index (χ1n) is 7.10. The third-order valence-electron chi connectivity index (χ3n) is 3.52. The lowest BCUT2D eigenvalue weighted by atomic mass is 9.98. The zero-order chi connectivity index (χ0) is 16.4. The fourth-order valence-corrected chi connectivity index (χ4v) is 2.42. The molecule has 23 heavy (non-hydrogen) atoms. The van der Waals surface area contributed by atoms with Gasteiger partial charge in [-0.25, -0.2) is 0 Å². The molecule has 1 aliphatic rings. The SMILES string of the molecule is C=C(Cc1ccc2c(c1)NC(=O)CO2)C(=O)c1cccc(O)c1. The highest BCUT2D eigenvalue weighted by molar-refractivity contribution is 6.08. The number of ether oxygens (including phenoxy) is 1. The van der Waals surface area contributed by atoms with Crippen LogP contribution in [0.4, 0.5) is 5.69 Å². The van der Waals surface area contributed by atoms with Crippen LogP contribution in [0, 0.1) is 0 Å². The van der Waals surface area contributed by atoms with Gasteiger partial charge in [-0.1, -0.05) is 24.8 Å². The van der Waals surface area contributed by atoms with Crippen LogP contribution in [0.5, 0.6) is 11.5 Å². The molecule has 5 nitrogen and oxygen atoms in total. The van der Waals surface area contributed by atoms with Crippen LogP contribution in [-0.2, 0) is 11.2 Å². The van der Waals surface area contributed by atoms with Gasteiger partial charge in [0.2, 0.25) is 0 Å². The van der Waals surface area contributed by atoms with Crippen LogP contribution in [0.3, 0.4) is 0 Å². The summed E-state index contributed by atoms with van der Waals surface area (Å²) in [5.74, 6) is 0.221. The van der Waals surface area contributed by atoms with Crippen LogP contribution in [0.1, 0.15) is 15.9 Å². The summed E-state index contributed by atoms with van der Waals surface area (Å²) in [6.45, 7) is 3.84. The number of Topliss-reactive ketones (excluding diaryl/α,β-unsaturated/α-hetero) is 1. The van der Waals surface area contributed by atoms with E-state index in [0.717, 1.165) is 5.56 Å². The Labute approximate surface area is 133 Å².